The summed E-state index contributed by atoms with van der Waals surface area (Å²) in [6.45, 7) is 1.32. The summed E-state index contributed by atoms with van der Waals surface area (Å²) in [5, 5.41) is 3.11. The van der Waals surface area contributed by atoms with Gasteiger partial charge in [-0.15, -0.1) is 0 Å². The molecule has 0 spiro atoms. The Bertz CT molecular complexity index is 378. The van der Waals surface area contributed by atoms with Gasteiger partial charge in [0.25, 0.3) is 5.91 Å². The molecule has 2 heterocycles. The van der Waals surface area contributed by atoms with Crippen LogP contribution in [0.25, 0.3) is 0 Å². The third kappa shape index (κ3) is 2.93. The number of nitrogens with zero attached hydrogens (tertiary/aromatic N) is 1. The van der Waals surface area contributed by atoms with Crippen LogP contribution in [-0.4, -0.2) is 30.1 Å². The number of amides is 1. The molecule has 1 aliphatic heterocycles. The van der Waals surface area contributed by atoms with Crippen molar-refractivity contribution in [1.82, 2.24) is 10.3 Å². The summed E-state index contributed by atoms with van der Waals surface area (Å²) >= 11 is 5.70. The van der Waals surface area contributed by atoms with Gasteiger partial charge in [0.2, 0.25) is 0 Å². The fraction of sp³-hybridized carbons (Fsp3) is 0.455. The van der Waals surface area contributed by atoms with Gasteiger partial charge in [-0.25, -0.2) is 4.98 Å². The number of carbonyl (C=O) groups is 1. The summed E-state index contributed by atoms with van der Waals surface area (Å²) in [6.07, 6.45) is 2.21. The van der Waals surface area contributed by atoms with Crippen LogP contribution < -0.4 is 5.32 Å². The Hall–Kier alpha value is -1.13. The molecule has 1 aliphatic rings. The maximum absolute atomic E-state index is 11.7. The lowest BCUT2D eigenvalue weighted by Crippen LogP contribution is -2.32. The van der Waals surface area contributed by atoms with Gasteiger partial charge in [-0.1, -0.05) is 17.7 Å². The minimum Gasteiger partial charge on any atom is -0.376 e. The predicted octanol–water partition coefficient (Wildman–Crippen LogP) is 1.64. The molecule has 4 nitrogen and oxygen atoms in total. The number of carbonyl (C=O) groups excluding carboxylic acids is 1. The van der Waals surface area contributed by atoms with E-state index in [1.165, 1.54) is 0 Å². The number of ether oxygens (including phenoxy) is 1. The van der Waals surface area contributed by atoms with Gasteiger partial charge in [0, 0.05) is 13.2 Å². The molecule has 0 saturated carbocycles. The number of hydrogen-bond donors (Lipinski definition) is 1. The zero-order valence-electron chi connectivity index (χ0n) is 8.78. The molecule has 1 aromatic rings. The number of halogens is 1. The first-order valence-electron chi connectivity index (χ1n) is 5.28. The monoisotopic (exact) mass is 240 g/mol. The van der Waals surface area contributed by atoms with Crippen LogP contribution in [0.2, 0.25) is 5.15 Å². The average molecular weight is 241 g/mol. The van der Waals surface area contributed by atoms with E-state index >= 15 is 0 Å². The van der Waals surface area contributed by atoms with Crippen molar-refractivity contribution in [3.63, 3.8) is 0 Å². The van der Waals surface area contributed by atoms with Gasteiger partial charge < -0.3 is 10.1 Å². The van der Waals surface area contributed by atoms with E-state index in [9.17, 15) is 4.79 Å². The lowest BCUT2D eigenvalue weighted by molar-refractivity contribution is 0.0853. The van der Waals surface area contributed by atoms with Gasteiger partial charge in [-0.3, -0.25) is 4.79 Å². The van der Waals surface area contributed by atoms with Crippen molar-refractivity contribution in [2.45, 2.75) is 18.9 Å². The first kappa shape index (κ1) is 11.4. The predicted molar refractivity (Wildman–Crippen MR) is 60.6 cm³/mol. The topological polar surface area (TPSA) is 51.2 Å². The van der Waals surface area contributed by atoms with Crippen molar-refractivity contribution >= 4 is 17.5 Å². The van der Waals surface area contributed by atoms with E-state index in [1.807, 2.05) is 0 Å². The van der Waals surface area contributed by atoms with Crippen molar-refractivity contribution in [3.8, 4) is 0 Å². The van der Waals surface area contributed by atoms with Gasteiger partial charge in [0.15, 0.2) is 0 Å². The van der Waals surface area contributed by atoms with E-state index in [-0.39, 0.29) is 12.0 Å². The fourth-order valence-electron chi connectivity index (χ4n) is 1.64. The van der Waals surface area contributed by atoms with Crippen molar-refractivity contribution in [2.75, 3.05) is 13.2 Å². The summed E-state index contributed by atoms with van der Waals surface area (Å²) in [5.74, 6) is -0.210. The third-order valence-electron chi connectivity index (χ3n) is 2.46. The standard InChI is InChI=1S/C11H13ClN2O2/c12-10-5-1-4-9(14-10)11(15)13-7-8-3-2-6-16-8/h1,4-5,8H,2-3,6-7H2,(H,13,15)/t8-/m1/s1. The highest BCUT2D eigenvalue weighted by molar-refractivity contribution is 6.29. The molecule has 0 unspecified atom stereocenters. The molecule has 1 amide bonds. The molecule has 1 atom stereocenters. The Kier molecular flexibility index (Phi) is 3.74. The number of aromatic nitrogens is 1. The second-order valence-corrected chi connectivity index (χ2v) is 4.08. The first-order valence-corrected chi connectivity index (χ1v) is 5.66. The van der Waals surface area contributed by atoms with E-state index in [1.54, 1.807) is 18.2 Å². The number of hydrogen-bond acceptors (Lipinski definition) is 3. The van der Waals surface area contributed by atoms with Crippen molar-refractivity contribution in [2.24, 2.45) is 0 Å². The summed E-state index contributed by atoms with van der Waals surface area (Å²) in [7, 11) is 0. The van der Waals surface area contributed by atoms with Gasteiger partial charge >= 0.3 is 0 Å². The zero-order chi connectivity index (χ0) is 11.4. The summed E-state index contributed by atoms with van der Waals surface area (Å²) < 4.78 is 5.40. The van der Waals surface area contributed by atoms with Crippen LogP contribution >= 0.6 is 11.6 Å². The van der Waals surface area contributed by atoms with Gasteiger partial charge in [-0.2, -0.15) is 0 Å². The Morgan fingerprint density at radius 2 is 2.50 bits per heavy atom. The van der Waals surface area contributed by atoms with Gasteiger partial charge in [0.05, 0.1) is 6.10 Å². The Morgan fingerprint density at radius 1 is 1.62 bits per heavy atom. The molecule has 0 aliphatic carbocycles. The second kappa shape index (κ2) is 5.27. The van der Waals surface area contributed by atoms with E-state index in [0.717, 1.165) is 19.4 Å². The largest absolute Gasteiger partial charge is 0.376 e. The lowest BCUT2D eigenvalue weighted by Gasteiger charge is -2.10. The molecule has 2 rings (SSSR count). The van der Waals surface area contributed by atoms with E-state index in [0.29, 0.717) is 17.4 Å². The summed E-state index contributed by atoms with van der Waals surface area (Å²) in [5.41, 5.74) is 0.338. The van der Waals surface area contributed by atoms with Crippen molar-refractivity contribution in [1.29, 1.82) is 0 Å². The van der Waals surface area contributed by atoms with Crippen LogP contribution in [0.1, 0.15) is 23.3 Å². The van der Waals surface area contributed by atoms with E-state index in [4.69, 9.17) is 16.3 Å². The molecule has 1 saturated heterocycles. The molecule has 0 aromatic carbocycles. The van der Waals surface area contributed by atoms with Crippen LogP contribution in [0.3, 0.4) is 0 Å². The lowest BCUT2D eigenvalue weighted by atomic mass is 10.2. The van der Waals surface area contributed by atoms with Crippen LogP contribution in [0, 0.1) is 0 Å². The van der Waals surface area contributed by atoms with Crippen molar-refractivity contribution in [3.05, 3.63) is 29.0 Å². The highest BCUT2D eigenvalue weighted by Gasteiger charge is 2.16. The van der Waals surface area contributed by atoms with Crippen LogP contribution in [-0.2, 0) is 4.74 Å². The number of pyridine rings is 1. The van der Waals surface area contributed by atoms with E-state index in [2.05, 4.69) is 10.3 Å². The molecule has 0 radical (unpaired) electrons. The van der Waals surface area contributed by atoms with Crippen LogP contribution in [0.15, 0.2) is 18.2 Å². The molecular weight excluding hydrogens is 228 g/mol. The number of rotatable bonds is 3. The normalized spacial score (nSPS) is 19.7. The maximum Gasteiger partial charge on any atom is 0.270 e. The first-order chi connectivity index (χ1) is 7.75. The fourth-order valence-corrected chi connectivity index (χ4v) is 1.80. The zero-order valence-corrected chi connectivity index (χ0v) is 9.54. The summed E-state index contributed by atoms with van der Waals surface area (Å²) in [4.78, 5) is 15.6. The second-order valence-electron chi connectivity index (χ2n) is 3.69. The third-order valence-corrected chi connectivity index (χ3v) is 2.67. The quantitative estimate of drug-likeness (QED) is 0.818. The molecule has 1 fully saturated rings. The molecule has 1 aromatic heterocycles. The SMILES string of the molecule is O=C(NC[C@H]1CCCO1)c1cccc(Cl)n1. The Balaban J connectivity index is 1.87. The molecular formula is C11H13ClN2O2. The van der Waals surface area contributed by atoms with Crippen LogP contribution in [0.5, 0.6) is 0 Å². The van der Waals surface area contributed by atoms with Crippen LogP contribution in [0.4, 0.5) is 0 Å². The van der Waals surface area contributed by atoms with Crippen molar-refractivity contribution < 1.29 is 9.53 Å². The smallest absolute Gasteiger partial charge is 0.270 e. The highest BCUT2D eigenvalue weighted by Crippen LogP contribution is 2.11. The molecule has 16 heavy (non-hydrogen) atoms. The Morgan fingerprint density at radius 3 is 3.19 bits per heavy atom. The van der Waals surface area contributed by atoms with Gasteiger partial charge in [-0.05, 0) is 25.0 Å². The molecule has 5 heteroatoms. The minimum atomic E-state index is -0.210. The summed E-state index contributed by atoms with van der Waals surface area (Å²) in [6, 6.07) is 4.98. The van der Waals surface area contributed by atoms with Gasteiger partial charge in [0.1, 0.15) is 10.8 Å². The van der Waals surface area contributed by atoms with E-state index < -0.39 is 0 Å². The maximum atomic E-state index is 11.7. The number of nitrogens with one attached hydrogen (secondary N) is 1. The average Bonchev–Trinajstić information content (AvgIpc) is 2.78. The molecule has 1 N–H and O–H groups in total. The molecule has 0 bridgehead atoms. The Labute approximate surface area is 99.0 Å². The molecule has 86 valence electrons. The highest BCUT2D eigenvalue weighted by atomic mass is 35.5. The minimum absolute atomic E-state index is 0.142.